The summed E-state index contributed by atoms with van der Waals surface area (Å²) in [5, 5.41) is 7.58. The van der Waals surface area contributed by atoms with Crippen LogP contribution < -0.4 is 10.1 Å². The quantitative estimate of drug-likeness (QED) is 0.467. The summed E-state index contributed by atoms with van der Waals surface area (Å²) in [7, 11) is 1.52. The van der Waals surface area contributed by atoms with Crippen LogP contribution in [0.15, 0.2) is 36.8 Å². The minimum Gasteiger partial charge on any atom is -0.479 e. The second kappa shape index (κ2) is 8.88. The van der Waals surface area contributed by atoms with Gasteiger partial charge in [0.15, 0.2) is 0 Å². The lowest BCUT2D eigenvalue weighted by atomic mass is 10.0. The molecule has 0 bridgehead atoms. The van der Waals surface area contributed by atoms with Crippen molar-refractivity contribution in [2.75, 3.05) is 32.2 Å². The van der Waals surface area contributed by atoms with Crippen LogP contribution in [0.2, 0.25) is 0 Å². The highest BCUT2D eigenvalue weighted by Gasteiger charge is 2.31. The number of hydrogen-bond acceptors (Lipinski definition) is 6. The number of fused-ring (bicyclic) bond motifs is 2. The highest BCUT2D eigenvalue weighted by atomic mass is 19.1. The number of anilines is 1. The Morgan fingerprint density at radius 2 is 2.18 bits per heavy atom. The SMILES string of the molecule is COc1nc(N[C@H]2CCN(C(C)=O)C[C@H]2F)nn2ccc(-c3ccc4ncn(CCF)c4c3)c12. The standard InChI is InChI=1S/C23H25F2N7O2/c1-14(33)30-8-6-18(17(25)12-30)27-23-28-22(34-2)21-16(5-9-32(21)29-23)15-3-4-19-20(11-15)31(10-7-24)13-26-19/h3-5,9,11,13,17-18H,6-8,10,12H2,1-2H3,(H,27,29)/t17-,18+/m1/s1. The van der Waals surface area contributed by atoms with Crippen molar-refractivity contribution >= 4 is 28.4 Å². The third-order valence-electron chi connectivity index (χ3n) is 6.23. The molecule has 1 N–H and O–H groups in total. The Morgan fingerprint density at radius 1 is 1.32 bits per heavy atom. The van der Waals surface area contributed by atoms with Crippen LogP contribution in [-0.4, -0.2) is 74.0 Å². The molecule has 9 nitrogen and oxygen atoms in total. The number of nitrogens with one attached hydrogen (secondary N) is 1. The molecule has 0 radical (unpaired) electrons. The molecule has 11 heteroatoms. The number of rotatable bonds is 6. The van der Waals surface area contributed by atoms with Crippen molar-refractivity contribution in [3.05, 3.63) is 36.8 Å². The molecule has 4 heterocycles. The monoisotopic (exact) mass is 469 g/mol. The van der Waals surface area contributed by atoms with Gasteiger partial charge >= 0.3 is 0 Å². The lowest BCUT2D eigenvalue weighted by molar-refractivity contribution is -0.131. The van der Waals surface area contributed by atoms with Crippen molar-refractivity contribution in [3.8, 4) is 17.0 Å². The van der Waals surface area contributed by atoms with Crippen LogP contribution in [0.5, 0.6) is 5.88 Å². The molecule has 1 aromatic carbocycles. The van der Waals surface area contributed by atoms with Gasteiger partial charge in [0.2, 0.25) is 17.7 Å². The van der Waals surface area contributed by atoms with Crippen LogP contribution in [0.1, 0.15) is 13.3 Å². The molecule has 1 amide bonds. The fourth-order valence-electron chi connectivity index (χ4n) is 4.44. The number of nitrogens with zero attached hydrogens (tertiary/aromatic N) is 6. The second-order valence-electron chi connectivity index (χ2n) is 8.32. The summed E-state index contributed by atoms with van der Waals surface area (Å²) < 4.78 is 36.6. The molecule has 3 aromatic heterocycles. The van der Waals surface area contributed by atoms with Crippen molar-refractivity contribution in [1.82, 2.24) is 29.0 Å². The molecule has 1 aliphatic heterocycles. The summed E-state index contributed by atoms with van der Waals surface area (Å²) in [4.78, 5) is 21.8. The van der Waals surface area contributed by atoms with Crippen molar-refractivity contribution in [2.45, 2.75) is 32.1 Å². The number of carbonyl (C=O) groups is 1. The Kier molecular flexibility index (Phi) is 5.76. The average Bonchev–Trinajstić information content (AvgIpc) is 3.44. The first-order valence-corrected chi connectivity index (χ1v) is 11.1. The van der Waals surface area contributed by atoms with Gasteiger partial charge in [-0.05, 0) is 30.2 Å². The molecule has 0 saturated carbocycles. The highest BCUT2D eigenvalue weighted by Crippen LogP contribution is 2.33. The van der Waals surface area contributed by atoms with E-state index in [-0.39, 0.29) is 24.9 Å². The second-order valence-corrected chi connectivity index (χ2v) is 8.32. The third-order valence-corrected chi connectivity index (χ3v) is 6.23. The van der Waals surface area contributed by atoms with Gasteiger partial charge in [-0.15, -0.1) is 5.10 Å². The zero-order valence-corrected chi connectivity index (χ0v) is 18.9. The number of aryl methyl sites for hydroxylation is 1. The number of ether oxygens (including phenoxy) is 1. The van der Waals surface area contributed by atoms with Crippen molar-refractivity contribution in [1.29, 1.82) is 0 Å². The fraction of sp³-hybridized carbons (Fsp3) is 0.391. The van der Waals surface area contributed by atoms with E-state index in [4.69, 9.17) is 4.74 Å². The lowest BCUT2D eigenvalue weighted by Gasteiger charge is -2.34. The summed E-state index contributed by atoms with van der Waals surface area (Å²) >= 11 is 0. The Morgan fingerprint density at radius 3 is 2.91 bits per heavy atom. The maximum atomic E-state index is 14.7. The third kappa shape index (κ3) is 3.91. The minimum absolute atomic E-state index is 0.0432. The molecule has 34 heavy (non-hydrogen) atoms. The van der Waals surface area contributed by atoms with Gasteiger partial charge in [-0.1, -0.05) is 6.07 Å². The Hall–Kier alpha value is -3.76. The largest absolute Gasteiger partial charge is 0.479 e. The minimum atomic E-state index is -1.23. The number of alkyl halides is 2. The molecule has 0 spiro atoms. The Balaban J connectivity index is 1.47. The number of benzene rings is 1. The van der Waals surface area contributed by atoms with E-state index in [1.807, 2.05) is 24.3 Å². The molecular weight excluding hydrogens is 444 g/mol. The molecule has 1 saturated heterocycles. The number of piperidine rings is 1. The van der Waals surface area contributed by atoms with Crippen LogP contribution in [0.4, 0.5) is 14.7 Å². The highest BCUT2D eigenvalue weighted by molar-refractivity contribution is 5.89. The number of aromatic nitrogens is 5. The number of hydrogen-bond donors (Lipinski definition) is 1. The lowest BCUT2D eigenvalue weighted by Crippen LogP contribution is -2.49. The zero-order chi connectivity index (χ0) is 23.8. The normalized spacial score (nSPS) is 18.5. The van der Waals surface area contributed by atoms with Gasteiger partial charge in [-0.2, -0.15) is 4.98 Å². The Labute approximate surface area is 194 Å². The number of amides is 1. The molecule has 0 unspecified atom stereocenters. The molecule has 5 rings (SSSR count). The van der Waals surface area contributed by atoms with E-state index in [0.717, 1.165) is 22.2 Å². The maximum Gasteiger partial charge on any atom is 0.244 e. The molecule has 1 fully saturated rings. The first-order valence-electron chi connectivity index (χ1n) is 11.1. The summed E-state index contributed by atoms with van der Waals surface area (Å²) in [5.41, 5.74) is 4.01. The van der Waals surface area contributed by atoms with Crippen LogP contribution in [0.25, 0.3) is 27.7 Å². The topological polar surface area (TPSA) is 89.6 Å². The fourth-order valence-corrected chi connectivity index (χ4v) is 4.44. The van der Waals surface area contributed by atoms with Crippen LogP contribution in [0.3, 0.4) is 0 Å². The predicted octanol–water partition coefficient (Wildman–Crippen LogP) is 3.09. The maximum absolute atomic E-state index is 14.7. The van der Waals surface area contributed by atoms with Gasteiger partial charge in [-0.3, -0.25) is 4.79 Å². The number of methoxy groups -OCH3 is 1. The number of imidazole rings is 1. The van der Waals surface area contributed by atoms with Crippen LogP contribution in [0, 0.1) is 0 Å². The van der Waals surface area contributed by atoms with Gasteiger partial charge in [0.05, 0.1) is 43.6 Å². The zero-order valence-electron chi connectivity index (χ0n) is 18.9. The first kappa shape index (κ1) is 22.1. The predicted molar refractivity (Wildman–Crippen MR) is 123 cm³/mol. The van der Waals surface area contributed by atoms with E-state index >= 15 is 0 Å². The van der Waals surface area contributed by atoms with Crippen molar-refractivity contribution in [2.24, 2.45) is 0 Å². The number of likely N-dealkylation sites (tertiary alicyclic amines) is 1. The van der Waals surface area contributed by atoms with E-state index in [2.05, 4.69) is 20.4 Å². The van der Waals surface area contributed by atoms with Crippen LogP contribution >= 0.6 is 0 Å². The first-order chi connectivity index (χ1) is 16.5. The van der Waals surface area contributed by atoms with E-state index in [1.165, 1.54) is 18.9 Å². The molecule has 1 aliphatic rings. The smallest absolute Gasteiger partial charge is 0.244 e. The number of halogens is 2. The van der Waals surface area contributed by atoms with Crippen LogP contribution in [-0.2, 0) is 11.3 Å². The van der Waals surface area contributed by atoms with Gasteiger partial charge < -0.3 is 19.5 Å². The van der Waals surface area contributed by atoms with E-state index < -0.39 is 18.9 Å². The molecule has 2 atom stereocenters. The average molecular weight is 469 g/mol. The summed E-state index contributed by atoms with van der Waals surface area (Å²) in [5.74, 6) is 0.449. The summed E-state index contributed by atoms with van der Waals surface area (Å²) in [6.07, 6.45) is 2.64. The molecule has 0 aliphatic carbocycles. The van der Waals surface area contributed by atoms with Gasteiger partial charge in [0.25, 0.3) is 0 Å². The van der Waals surface area contributed by atoms with E-state index in [0.29, 0.717) is 24.4 Å². The van der Waals surface area contributed by atoms with Gasteiger partial charge in [-0.25, -0.2) is 18.3 Å². The van der Waals surface area contributed by atoms with Crippen molar-refractivity contribution < 1.29 is 18.3 Å². The number of carbonyl (C=O) groups excluding carboxylic acids is 1. The summed E-state index contributed by atoms with van der Waals surface area (Å²) in [6.45, 7) is 1.72. The molecule has 4 aromatic rings. The van der Waals surface area contributed by atoms with E-state index in [1.54, 1.807) is 21.6 Å². The van der Waals surface area contributed by atoms with Gasteiger partial charge in [0.1, 0.15) is 18.4 Å². The van der Waals surface area contributed by atoms with Crippen molar-refractivity contribution in [3.63, 3.8) is 0 Å². The van der Waals surface area contributed by atoms with Gasteiger partial charge in [0, 0.05) is 25.2 Å². The Bertz CT molecular complexity index is 1350. The van der Waals surface area contributed by atoms with E-state index in [9.17, 15) is 13.6 Å². The molecule has 178 valence electrons. The molecular formula is C23H25F2N7O2. The summed E-state index contributed by atoms with van der Waals surface area (Å²) in [6, 6.07) is 7.17.